The molecule has 29 heavy (non-hydrogen) atoms. The van der Waals surface area contributed by atoms with Crippen molar-refractivity contribution >= 4 is 21.9 Å². The fourth-order valence-electron chi connectivity index (χ4n) is 3.56. The van der Waals surface area contributed by atoms with Crippen LogP contribution in [0.2, 0.25) is 0 Å². The van der Waals surface area contributed by atoms with Gasteiger partial charge in [0.1, 0.15) is 16.8 Å². The first-order valence-corrected chi connectivity index (χ1v) is 11.3. The van der Waals surface area contributed by atoms with Gasteiger partial charge in [-0.2, -0.15) is 4.72 Å². The molecule has 1 aliphatic heterocycles. The summed E-state index contributed by atoms with van der Waals surface area (Å²) in [5, 5.41) is 0. The van der Waals surface area contributed by atoms with E-state index in [1.807, 2.05) is 13.8 Å². The van der Waals surface area contributed by atoms with Gasteiger partial charge in [0.05, 0.1) is 0 Å². The maximum Gasteiger partial charge on any atom is 0.324 e. The molecule has 1 aliphatic rings. The van der Waals surface area contributed by atoms with Gasteiger partial charge < -0.3 is 9.64 Å². The number of esters is 1. The Morgan fingerprint density at radius 2 is 1.79 bits per heavy atom. The molecular weight excluding hydrogens is 399 g/mol. The van der Waals surface area contributed by atoms with Gasteiger partial charge in [0.25, 0.3) is 5.91 Å². The lowest BCUT2D eigenvalue weighted by atomic mass is 9.97. The molecular formula is C20H29FN2O5S. The molecule has 0 spiro atoms. The van der Waals surface area contributed by atoms with Gasteiger partial charge >= 0.3 is 5.97 Å². The first-order chi connectivity index (χ1) is 13.5. The van der Waals surface area contributed by atoms with Gasteiger partial charge in [0.2, 0.25) is 10.0 Å². The molecule has 1 aromatic rings. The van der Waals surface area contributed by atoms with Crippen LogP contribution < -0.4 is 4.72 Å². The Morgan fingerprint density at radius 3 is 2.34 bits per heavy atom. The molecule has 1 fully saturated rings. The number of halogens is 1. The summed E-state index contributed by atoms with van der Waals surface area (Å²) in [5.41, 5.74) is 0. The quantitative estimate of drug-likeness (QED) is 0.674. The summed E-state index contributed by atoms with van der Waals surface area (Å²) in [6.07, 6.45) is 2.82. The number of likely N-dealkylation sites (tertiary alicyclic amines) is 1. The van der Waals surface area contributed by atoms with E-state index in [0.29, 0.717) is 0 Å². The number of nitrogens with zero attached hydrogens (tertiary/aromatic N) is 1. The highest BCUT2D eigenvalue weighted by molar-refractivity contribution is 7.89. The van der Waals surface area contributed by atoms with Gasteiger partial charge in [-0.3, -0.25) is 9.59 Å². The Morgan fingerprint density at radius 1 is 1.21 bits per heavy atom. The second kappa shape index (κ2) is 9.67. The topological polar surface area (TPSA) is 92.8 Å². The smallest absolute Gasteiger partial charge is 0.324 e. The van der Waals surface area contributed by atoms with E-state index in [1.54, 1.807) is 18.7 Å². The summed E-state index contributed by atoms with van der Waals surface area (Å²) in [7, 11) is -4.28. The van der Waals surface area contributed by atoms with Crippen LogP contribution in [0.5, 0.6) is 0 Å². The molecule has 0 saturated carbocycles. The summed E-state index contributed by atoms with van der Waals surface area (Å²) in [5.74, 6) is -2.56. The fraction of sp³-hybridized carbons (Fsp3) is 0.600. The number of ether oxygens (including phenoxy) is 1. The summed E-state index contributed by atoms with van der Waals surface area (Å²) in [4.78, 5) is 26.2. The monoisotopic (exact) mass is 428 g/mol. The van der Waals surface area contributed by atoms with Crippen molar-refractivity contribution < 1.29 is 27.1 Å². The van der Waals surface area contributed by atoms with Crippen molar-refractivity contribution in [3.05, 3.63) is 30.1 Å². The van der Waals surface area contributed by atoms with Crippen molar-refractivity contribution in [1.82, 2.24) is 9.62 Å². The number of carbonyl (C=O) groups excluding carboxylic acids is 2. The van der Waals surface area contributed by atoms with Crippen molar-refractivity contribution in [3.63, 3.8) is 0 Å². The lowest BCUT2D eigenvalue weighted by Crippen LogP contribution is -2.50. The number of hydrogen-bond acceptors (Lipinski definition) is 5. The van der Waals surface area contributed by atoms with Crippen LogP contribution in [0.15, 0.2) is 29.2 Å². The highest BCUT2D eigenvalue weighted by Gasteiger charge is 2.33. The van der Waals surface area contributed by atoms with E-state index in [1.165, 1.54) is 12.1 Å². The van der Waals surface area contributed by atoms with Crippen LogP contribution >= 0.6 is 0 Å². The third-order valence-corrected chi connectivity index (χ3v) is 6.62. The van der Waals surface area contributed by atoms with Crippen molar-refractivity contribution in [2.24, 2.45) is 5.92 Å². The minimum atomic E-state index is -4.28. The van der Waals surface area contributed by atoms with Gasteiger partial charge in [-0.15, -0.1) is 0 Å². The van der Waals surface area contributed by atoms with Crippen LogP contribution in [-0.4, -0.2) is 49.9 Å². The SMILES string of the molecule is CC(C)C(NS(=O)(=O)c1ccccc1F)C(=O)OCC(=O)N1C(C)CCCC1C. The van der Waals surface area contributed by atoms with E-state index in [2.05, 4.69) is 4.72 Å². The molecule has 3 unspecified atom stereocenters. The van der Waals surface area contributed by atoms with E-state index >= 15 is 0 Å². The summed E-state index contributed by atoms with van der Waals surface area (Å²) in [6, 6.07) is 3.77. The predicted octanol–water partition coefficient (Wildman–Crippen LogP) is 2.46. The molecule has 1 heterocycles. The van der Waals surface area contributed by atoms with Crippen LogP contribution in [0.4, 0.5) is 4.39 Å². The Balaban J connectivity index is 2.06. The molecule has 0 radical (unpaired) electrons. The number of sulfonamides is 1. The number of amides is 1. The Kier molecular flexibility index (Phi) is 7.76. The maximum atomic E-state index is 13.9. The van der Waals surface area contributed by atoms with E-state index in [0.717, 1.165) is 31.4 Å². The van der Waals surface area contributed by atoms with Gasteiger partial charge in [0.15, 0.2) is 6.61 Å². The fourth-order valence-corrected chi connectivity index (χ4v) is 4.97. The average Bonchev–Trinajstić information content (AvgIpc) is 2.64. The standard InChI is InChI=1S/C20H29FN2O5S/c1-13(2)19(22-29(26,27)17-11-6-5-10-16(17)21)20(25)28-12-18(24)23-14(3)8-7-9-15(23)4/h5-6,10-11,13-15,19,22H,7-9,12H2,1-4H3. The average molecular weight is 429 g/mol. The van der Waals surface area contributed by atoms with Crippen molar-refractivity contribution in [2.75, 3.05) is 6.61 Å². The van der Waals surface area contributed by atoms with E-state index in [-0.39, 0.29) is 18.0 Å². The minimum absolute atomic E-state index is 0.0606. The molecule has 7 nitrogen and oxygen atoms in total. The third kappa shape index (κ3) is 5.76. The van der Waals surface area contributed by atoms with Crippen LogP contribution in [0.25, 0.3) is 0 Å². The summed E-state index contributed by atoms with van der Waals surface area (Å²) in [6.45, 7) is 6.71. The van der Waals surface area contributed by atoms with Crippen molar-refractivity contribution in [3.8, 4) is 0 Å². The minimum Gasteiger partial charge on any atom is -0.454 e. The third-order valence-electron chi connectivity index (χ3n) is 5.15. The molecule has 162 valence electrons. The van der Waals surface area contributed by atoms with Crippen LogP contribution in [0.3, 0.4) is 0 Å². The predicted molar refractivity (Wildman–Crippen MR) is 106 cm³/mol. The van der Waals surface area contributed by atoms with Crippen molar-refractivity contribution in [2.45, 2.75) is 70.0 Å². The largest absolute Gasteiger partial charge is 0.454 e. The molecule has 9 heteroatoms. The lowest BCUT2D eigenvalue weighted by Gasteiger charge is -2.39. The van der Waals surface area contributed by atoms with Gasteiger partial charge in [-0.25, -0.2) is 12.8 Å². The molecule has 0 bridgehead atoms. The number of benzene rings is 1. The van der Waals surface area contributed by atoms with E-state index in [4.69, 9.17) is 4.74 Å². The Hall–Kier alpha value is -2.00. The first-order valence-electron chi connectivity index (χ1n) is 9.79. The van der Waals surface area contributed by atoms with Gasteiger partial charge in [0, 0.05) is 12.1 Å². The normalized spacial score (nSPS) is 21.1. The number of rotatable bonds is 7. The number of nitrogens with one attached hydrogen (secondary N) is 1. The summed E-state index contributed by atoms with van der Waals surface area (Å²) < 4.78 is 46.2. The van der Waals surface area contributed by atoms with Gasteiger partial charge in [-0.05, 0) is 51.2 Å². The van der Waals surface area contributed by atoms with Crippen LogP contribution in [0, 0.1) is 11.7 Å². The molecule has 0 aromatic heterocycles. The van der Waals surface area contributed by atoms with E-state index in [9.17, 15) is 22.4 Å². The molecule has 1 aromatic carbocycles. The van der Waals surface area contributed by atoms with Crippen molar-refractivity contribution in [1.29, 1.82) is 0 Å². The molecule has 3 atom stereocenters. The zero-order chi connectivity index (χ0) is 21.8. The second-order valence-electron chi connectivity index (χ2n) is 7.81. The Labute approximate surface area is 171 Å². The van der Waals surface area contributed by atoms with Crippen LogP contribution in [0.1, 0.15) is 47.0 Å². The highest BCUT2D eigenvalue weighted by Crippen LogP contribution is 2.22. The zero-order valence-electron chi connectivity index (χ0n) is 17.2. The van der Waals surface area contributed by atoms with E-state index < -0.39 is 45.3 Å². The molecule has 1 saturated heterocycles. The summed E-state index contributed by atoms with van der Waals surface area (Å²) >= 11 is 0. The van der Waals surface area contributed by atoms with Gasteiger partial charge in [-0.1, -0.05) is 26.0 Å². The Bertz CT molecular complexity index is 833. The number of hydrogen-bond donors (Lipinski definition) is 1. The van der Waals surface area contributed by atoms with Crippen LogP contribution in [-0.2, 0) is 24.3 Å². The molecule has 1 amide bonds. The number of carbonyl (C=O) groups is 2. The number of piperidine rings is 1. The molecule has 0 aliphatic carbocycles. The molecule has 2 rings (SSSR count). The lowest BCUT2D eigenvalue weighted by molar-refractivity contribution is -0.156. The maximum absolute atomic E-state index is 13.9. The first kappa shape index (κ1) is 23.3. The second-order valence-corrected chi connectivity index (χ2v) is 9.49. The molecule has 1 N–H and O–H groups in total. The highest BCUT2D eigenvalue weighted by atomic mass is 32.2. The zero-order valence-corrected chi connectivity index (χ0v) is 18.0.